The molecular weight excluding hydrogens is 283 g/mol. The van der Waals surface area contributed by atoms with Crippen LogP contribution in [-0.4, -0.2) is 8.42 Å². The number of hydrogen-bond acceptors (Lipinski definition) is 4. The molecule has 0 unspecified atom stereocenters. The SMILES string of the molecule is NCc1cccc(Oc2ccc(S(N)(=O)=O)cc2F)c1. The first kappa shape index (κ1) is 14.4. The fourth-order valence-electron chi connectivity index (χ4n) is 1.60. The van der Waals surface area contributed by atoms with Crippen LogP contribution in [0, 0.1) is 5.82 Å². The van der Waals surface area contributed by atoms with E-state index in [1.54, 1.807) is 18.2 Å². The Morgan fingerprint density at radius 1 is 1.15 bits per heavy atom. The van der Waals surface area contributed by atoms with Crippen molar-refractivity contribution in [3.8, 4) is 11.5 Å². The third-order valence-corrected chi connectivity index (χ3v) is 3.50. The number of primary sulfonamides is 1. The molecule has 20 heavy (non-hydrogen) atoms. The number of halogens is 1. The molecule has 106 valence electrons. The van der Waals surface area contributed by atoms with Gasteiger partial charge in [-0.1, -0.05) is 12.1 Å². The number of ether oxygens (including phenoxy) is 1. The van der Waals surface area contributed by atoms with Crippen LogP contribution in [0.25, 0.3) is 0 Å². The van der Waals surface area contributed by atoms with Crippen molar-refractivity contribution in [1.82, 2.24) is 0 Å². The lowest BCUT2D eigenvalue weighted by Gasteiger charge is -2.08. The van der Waals surface area contributed by atoms with Crippen LogP contribution in [0.2, 0.25) is 0 Å². The van der Waals surface area contributed by atoms with Crippen molar-refractivity contribution in [3.05, 3.63) is 53.8 Å². The molecular formula is C13H13FN2O3S. The summed E-state index contributed by atoms with van der Waals surface area (Å²) in [5.74, 6) is -0.489. The number of nitrogens with two attached hydrogens (primary N) is 2. The Bertz CT molecular complexity index is 732. The second kappa shape index (κ2) is 5.58. The first-order valence-electron chi connectivity index (χ1n) is 5.69. The molecule has 0 saturated heterocycles. The Balaban J connectivity index is 2.30. The van der Waals surface area contributed by atoms with Crippen LogP contribution in [-0.2, 0) is 16.6 Å². The second-order valence-electron chi connectivity index (χ2n) is 4.09. The summed E-state index contributed by atoms with van der Waals surface area (Å²) in [5.41, 5.74) is 6.34. The summed E-state index contributed by atoms with van der Waals surface area (Å²) >= 11 is 0. The lowest BCUT2D eigenvalue weighted by molar-refractivity contribution is 0.440. The number of rotatable bonds is 4. The van der Waals surface area contributed by atoms with Crippen molar-refractivity contribution in [2.45, 2.75) is 11.4 Å². The van der Waals surface area contributed by atoms with Crippen molar-refractivity contribution >= 4 is 10.0 Å². The van der Waals surface area contributed by atoms with E-state index < -0.39 is 15.8 Å². The zero-order valence-electron chi connectivity index (χ0n) is 10.4. The molecule has 0 amide bonds. The highest BCUT2D eigenvalue weighted by molar-refractivity contribution is 7.89. The molecule has 0 heterocycles. The average Bonchev–Trinajstić information content (AvgIpc) is 2.40. The van der Waals surface area contributed by atoms with E-state index in [0.717, 1.165) is 11.6 Å². The fourth-order valence-corrected chi connectivity index (χ4v) is 2.13. The molecule has 0 spiro atoms. The van der Waals surface area contributed by atoms with Crippen LogP contribution in [0.4, 0.5) is 4.39 Å². The van der Waals surface area contributed by atoms with Gasteiger partial charge in [0.1, 0.15) is 5.75 Å². The van der Waals surface area contributed by atoms with Gasteiger partial charge >= 0.3 is 0 Å². The summed E-state index contributed by atoms with van der Waals surface area (Å²) in [6.45, 7) is 0.337. The van der Waals surface area contributed by atoms with E-state index in [-0.39, 0.29) is 10.6 Å². The van der Waals surface area contributed by atoms with E-state index in [1.165, 1.54) is 12.1 Å². The Labute approximate surface area is 116 Å². The molecule has 0 aliphatic carbocycles. The summed E-state index contributed by atoms with van der Waals surface area (Å²) in [6, 6.07) is 10.1. The third kappa shape index (κ3) is 3.32. The highest BCUT2D eigenvalue weighted by Gasteiger charge is 2.12. The number of sulfonamides is 1. The van der Waals surface area contributed by atoms with Gasteiger partial charge in [-0.2, -0.15) is 0 Å². The first-order chi connectivity index (χ1) is 9.40. The largest absolute Gasteiger partial charge is 0.454 e. The van der Waals surface area contributed by atoms with E-state index in [1.807, 2.05) is 6.07 Å². The van der Waals surface area contributed by atoms with Crippen molar-refractivity contribution in [2.24, 2.45) is 10.9 Å². The van der Waals surface area contributed by atoms with Gasteiger partial charge in [-0.05, 0) is 35.9 Å². The van der Waals surface area contributed by atoms with Gasteiger partial charge < -0.3 is 10.5 Å². The van der Waals surface area contributed by atoms with Crippen molar-refractivity contribution < 1.29 is 17.5 Å². The minimum Gasteiger partial charge on any atom is -0.454 e. The minimum absolute atomic E-state index is 0.0911. The maximum Gasteiger partial charge on any atom is 0.238 e. The van der Waals surface area contributed by atoms with Gasteiger partial charge in [0.25, 0.3) is 0 Å². The van der Waals surface area contributed by atoms with Gasteiger partial charge in [-0.15, -0.1) is 0 Å². The van der Waals surface area contributed by atoms with Crippen molar-refractivity contribution in [3.63, 3.8) is 0 Å². The topological polar surface area (TPSA) is 95.4 Å². The van der Waals surface area contributed by atoms with Gasteiger partial charge in [0.15, 0.2) is 11.6 Å². The average molecular weight is 296 g/mol. The number of benzene rings is 2. The molecule has 0 radical (unpaired) electrons. The van der Waals surface area contributed by atoms with Crippen LogP contribution in [0.15, 0.2) is 47.4 Å². The summed E-state index contributed by atoms with van der Waals surface area (Å²) in [6.07, 6.45) is 0. The monoisotopic (exact) mass is 296 g/mol. The van der Waals surface area contributed by atoms with E-state index in [4.69, 9.17) is 15.6 Å². The van der Waals surface area contributed by atoms with E-state index in [2.05, 4.69) is 0 Å². The summed E-state index contributed by atoms with van der Waals surface area (Å²) in [7, 11) is -3.94. The maximum atomic E-state index is 13.8. The third-order valence-electron chi connectivity index (χ3n) is 2.59. The molecule has 4 N–H and O–H groups in total. The smallest absolute Gasteiger partial charge is 0.238 e. The quantitative estimate of drug-likeness (QED) is 0.898. The summed E-state index contributed by atoms with van der Waals surface area (Å²) in [4.78, 5) is -0.307. The standard InChI is InChI=1S/C13H13FN2O3S/c14-12-7-11(20(16,17)18)4-5-13(12)19-10-3-1-2-9(6-10)8-15/h1-7H,8,15H2,(H2,16,17,18). The normalized spacial score (nSPS) is 11.3. The van der Waals surface area contributed by atoms with E-state index in [9.17, 15) is 12.8 Å². The van der Waals surface area contributed by atoms with Crippen LogP contribution >= 0.6 is 0 Å². The van der Waals surface area contributed by atoms with Gasteiger partial charge in [0.05, 0.1) is 4.90 Å². The molecule has 2 rings (SSSR count). The molecule has 0 atom stereocenters. The minimum atomic E-state index is -3.94. The highest BCUT2D eigenvalue weighted by Crippen LogP contribution is 2.26. The molecule has 0 aromatic heterocycles. The predicted molar refractivity (Wildman–Crippen MR) is 72.2 cm³/mol. The molecule has 0 saturated carbocycles. The van der Waals surface area contributed by atoms with Gasteiger partial charge in [0.2, 0.25) is 10.0 Å². The van der Waals surface area contributed by atoms with Crippen LogP contribution in [0.1, 0.15) is 5.56 Å². The molecule has 0 aliphatic heterocycles. The fraction of sp³-hybridized carbons (Fsp3) is 0.0769. The summed E-state index contributed by atoms with van der Waals surface area (Å²) < 4.78 is 41.3. The zero-order valence-corrected chi connectivity index (χ0v) is 11.2. The Hall–Kier alpha value is -1.96. The van der Waals surface area contributed by atoms with Crippen LogP contribution in [0.5, 0.6) is 11.5 Å². The van der Waals surface area contributed by atoms with Gasteiger partial charge in [-0.25, -0.2) is 17.9 Å². The molecule has 2 aromatic rings. The van der Waals surface area contributed by atoms with Crippen LogP contribution in [0.3, 0.4) is 0 Å². The maximum absolute atomic E-state index is 13.8. The number of hydrogen-bond donors (Lipinski definition) is 2. The Morgan fingerprint density at radius 2 is 1.90 bits per heavy atom. The predicted octanol–water partition coefficient (Wildman–Crippen LogP) is 1.72. The van der Waals surface area contributed by atoms with E-state index >= 15 is 0 Å². The first-order valence-corrected chi connectivity index (χ1v) is 7.24. The molecule has 0 aliphatic rings. The Morgan fingerprint density at radius 3 is 2.50 bits per heavy atom. The molecule has 7 heteroatoms. The second-order valence-corrected chi connectivity index (χ2v) is 5.65. The Kier molecular flexibility index (Phi) is 4.03. The highest BCUT2D eigenvalue weighted by atomic mass is 32.2. The lowest BCUT2D eigenvalue weighted by Crippen LogP contribution is -2.12. The lowest BCUT2D eigenvalue weighted by atomic mass is 10.2. The van der Waals surface area contributed by atoms with Crippen molar-refractivity contribution in [1.29, 1.82) is 0 Å². The zero-order chi connectivity index (χ0) is 14.8. The molecule has 5 nitrogen and oxygen atoms in total. The summed E-state index contributed by atoms with van der Waals surface area (Å²) in [5, 5.41) is 4.92. The van der Waals surface area contributed by atoms with Gasteiger partial charge in [-0.3, -0.25) is 0 Å². The van der Waals surface area contributed by atoms with E-state index in [0.29, 0.717) is 12.3 Å². The molecule has 0 fully saturated rings. The van der Waals surface area contributed by atoms with Crippen LogP contribution < -0.4 is 15.6 Å². The van der Waals surface area contributed by atoms with Gasteiger partial charge in [0, 0.05) is 6.54 Å². The van der Waals surface area contributed by atoms with Crippen molar-refractivity contribution in [2.75, 3.05) is 0 Å². The molecule has 0 bridgehead atoms. The molecule has 2 aromatic carbocycles.